The molecule has 21 heavy (non-hydrogen) atoms. The first kappa shape index (κ1) is 16.3. The van der Waals surface area contributed by atoms with E-state index in [0.717, 1.165) is 19.3 Å². The van der Waals surface area contributed by atoms with Crippen molar-refractivity contribution in [2.24, 2.45) is 11.8 Å². The average Bonchev–Trinajstić information content (AvgIpc) is 2.78. The zero-order chi connectivity index (χ0) is 15.6. The fourth-order valence-corrected chi connectivity index (χ4v) is 3.73. The van der Waals surface area contributed by atoms with E-state index in [1.807, 2.05) is 4.90 Å². The fraction of sp³-hybridized carbons (Fsp3) is 0.875. The number of amides is 1. The van der Waals surface area contributed by atoms with Crippen LogP contribution in [0.25, 0.3) is 0 Å². The van der Waals surface area contributed by atoms with Crippen molar-refractivity contribution in [3.05, 3.63) is 0 Å². The van der Waals surface area contributed by atoms with Crippen molar-refractivity contribution in [3.63, 3.8) is 0 Å². The summed E-state index contributed by atoms with van der Waals surface area (Å²) in [5.41, 5.74) is -0.886. The molecule has 0 radical (unpaired) electrons. The summed E-state index contributed by atoms with van der Waals surface area (Å²) >= 11 is 0. The molecule has 0 aromatic carbocycles. The van der Waals surface area contributed by atoms with Gasteiger partial charge in [-0.05, 0) is 44.6 Å². The first-order valence-electron chi connectivity index (χ1n) is 8.12. The largest absolute Gasteiger partial charge is 0.480 e. The number of likely N-dealkylation sites (tertiary alicyclic amines) is 1. The molecule has 4 unspecified atom stereocenters. The van der Waals surface area contributed by atoms with Gasteiger partial charge in [-0.1, -0.05) is 26.7 Å². The summed E-state index contributed by atoms with van der Waals surface area (Å²) in [7, 11) is 0. The maximum absolute atomic E-state index is 12.3. The topological polar surface area (TPSA) is 69.6 Å². The van der Waals surface area contributed by atoms with Crippen LogP contribution in [0.1, 0.15) is 52.9 Å². The Morgan fingerprint density at radius 1 is 1.29 bits per heavy atom. The molecule has 1 saturated heterocycles. The number of carbonyl (C=O) groups excluding carboxylic acids is 1. The zero-order valence-electron chi connectivity index (χ0n) is 13.4. The second-order valence-corrected chi connectivity index (χ2v) is 7.05. The maximum atomic E-state index is 12.3. The van der Waals surface area contributed by atoms with E-state index in [9.17, 15) is 14.7 Å². The third-order valence-electron chi connectivity index (χ3n) is 5.64. The van der Waals surface area contributed by atoms with E-state index in [2.05, 4.69) is 19.2 Å². The Kier molecular flexibility index (Phi) is 4.91. The Labute approximate surface area is 127 Å². The van der Waals surface area contributed by atoms with Crippen molar-refractivity contribution in [1.82, 2.24) is 10.2 Å². The van der Waals surface area contributed by atoms with Crippen molar-refractivity contribution in [2.45, 2.75) is 64.5 Å². The number of hydrogen-bond donors (Lipinski definition) is 2. The van der Waals surface area contributed by atoms with Gasteiger partial charge in [0.15, 0.2) is 0 Å². The zero-order valence-corrected chi connectivity index (χ0v) is 13.4. The van der Waals surface area contributed by atoms with E-state index >= 15 is 0 Å². The predicted molar refractivity (Wildman–Crippen MR) is 81.0 cm³/mol. The molecule has 0 spiro atoms. The van der Waals surface area contributed by atoms with Crippen molar-refractivity contribution in [3.8, 4) is 0 Å². The van der Waals surface area contributed by atoms with Gasteiger partial charge < -0.3 is 10.4 Å². The van der Waals surface area contributed by atoms with Crippen LogP contribution in [0, 0.1) is 11.8 Å². The molecule has 1 amide bonds. The van der Waals surface area contributed by atoms with Gasteiger partial charge in [-0.25, -0.2) is 0 Å². The van der Waals surface area contributed by atoms with Crippen molar-refractivity contribution >= 4 is 11.9 Å². The third kappa shape index (κ3) is 3.39. The van der Waals surface area contributed by atoms with Gasteiger partial charge in [-0.2, -0.15) is 0 Å². The first-order chi connectivity index (χ1) is 9.84. The summed E-state index contributed by atoms with van der Waals surface area (Å²) < 4.78 is 0. The molecule has 4 atom stereocenters. The van der Waals surface area contributed by atoms with E-state index in [1.54, 1.807) is 6.92 Å². The summed E-state index contributed by atoms with van der Waals surface area (Å²) in [6.45, 7) is 7.05. The summed E-state index contributed by atoms with van der Waals surface area (Å²) in [4.78, 5) is 25.5. The van der Waals surface area contributed by atoms with Crippen LogP contribution in [0.15, 0.2) is 0 Å². The van der Waals surface area contributed by atoms with Crippen LogP contribution in [0.2, 0.25) is 0 Å². The molecule has 0 aromatic heterocycles. The number of rotatable bonds is 4. The highest BCUT2D eigenvalue weighted by molar-refractivity contribution is 5.82. The molecular weight excluding hydrogens is 268 g/mol. The molecule has 2 N–H and O–H groups in total. The molecular formula is C16H28N2O3. The highest BCUT2D eigenvalue weighted by atomic mass is 16.4. The van der Waals surface area contributed by atoms with Crippen LogP contribution in [0.4, 0.5) is 0 Å². The monoisotopic (exact) mass is 296 g/mol. The lowest BCUT2D eigenvalue weighted by molar-refractivity contribution is -0.149. The van der Waals surface area contributed by atoms with E-state index in [0.29, 0.717) is 24.8 Å². The Bertz CT molecular complexity index is 412. The minimum atomic E-state index is -0.886. The van der Waals surface area contributed by atoms with Gasteiger partial charge in [-0.15, -0.1) is 0 Å². The van der Waals surface area contributed by atoms with E-state index in [1.165, 1.54) is 6.42 Å². The van der Waals surface area contributed by atoms with Gasteiger partial charge in [0.25, 0.3) is 0 Å². The molecule has 2 aliphatic rings. The molecule has 0 aromatic rings. The summed E-state index contributed by atoms with van der Waals surface area (Å²) in [5, 5.41) is 12.5. The Morgan fingerprint density at radius 2 is 2.00 bits per heavy atom. The molecule has 120 valence electrons. The van der Waals surface area contributed by atoms with Crippen LogP contribution < -0.4 is 5.32 Å². The van der Waals surface area contributed by atoms with Crippen LogP contribution in [-0.4, -0.2) is 46.6 Å². The predicted octanol–water partition coefficient (Wildman–Crippen LogP) is 1.87. The van der Waals surface area contributed by atoms with Gasteiger partial charge >= 0.3 is 5.97 Å². The first-order valence-corrected chi connectivity index (χ1v) is 8.12. The number of carbonyl (C=O) groups is 2. The molecule has 2 rings (SSSR count). The molecule has 5 heteroatoms. The highest BCUT2D eigenvalue weighted by Crippen LogP contribution is 2.30. The second kappa shape index (κ2) is 6.34. The molecule has 2 fully saturated rings. The second-order valence-electron chi connectivity index (χ2n) is 7.05. The number of nitrogens with zero attached hydrogens (tertiary/aromatic N) is 1. The van der Waals surface area contributed by atoms with Gasteiger partial charge in [0.2, 0.25) is 5.91 Å². The van der Waals surface area contributed by atoms with Crippen LogP contribution in [0.3, 0.4) is 0 Å². The van der Waals surface area contributed by atoms with Crippen molar-refractivity contribution in [1.29, 1.82) is 0 Å². The number of nitrogens with one attached hydrogen (secondary N) is 1. The number of carboxylic acids is 1. The quantitative estimate of drug-likeness (QED) is 0.831. The van der Waals surface area contributed by atoms with E-state index in [-0.39, 0.29) is 18.5 Å². The number of hydrogen-bond acceptors (Lipinski definition) is 3. The van der Waals surface area contributed by atoms with Gasteiger partial charge in [0.1, 0.15) is 5.54 Å². The molecule has 0 bridgehead atoms. The SMILES string of the molecule is CC1CCCC(NC(=O)CN2CCCC2(C)C(=O)O)C1C. The molecule has 1 heterocycles. The summed E-state index contributed by atoms with van der Waals surface area (Å²) in [6.07, 6.45) is 4.89. The van der Waals surface area contributed by atoms with Crippen LogP contribution in [-0.2, 0) is 9.59 Å². The van der Waals surface area contributed by atoms with Crippen molar-refractivity contribution < 1.29 is 14.7 Å². The number of carboxylic acid groups (broad SMARTS) is 1. The molecule has 5 nitrogen and oxygen atoms in total. The van der Waals surface area contributed by atoms with Gasteiger partial charge in [-0.3, -0.25) is 14.5 Å². The van der Waals surface area contributed by atoms with Crippen LogP contribution in [0.5, 0.6) is 0 Å². The number of aliphatic carboxylic acids is 1. The lowest BCUT2D eigenvalue weighted by atomic mass is 9.78. The third-order valence-corrected chi connectivity index (χ3v) is 5.64. The van der Waals surface area contributed by atoms with Crippen molar-refractivity contribution in [2.75, 3.05) is 13.1 Å². The highest BCUT2D eigenvalue weighted by Gasteiger charge is 2.44. The normalized spacial score (nSPS) is 37.4. The summed E-state index contributed by atoms with van der Waals surface area (Å²) in [6, 6.07) is 0.236. The van der Waals surface area contributed by atoms with E-state index in [4.69, 9.17) is 0 Å². The molecule has 1 aliphatic heterocycles. The lowest BCUT2D eigenvalue weighted by Crippen LogP contribution is -2.53. The smallest absolute Gasteiger partial charge is 0.323 e. The Balaban J connectivity index is 1.91. The summed E-state index contributed by atoms with van der Waals surface area (Å²) in [5.74, 6) is 0.273. The minimum absolute atomic E-state index is 0.0321. The standard InChI is InChI=1S/C16H28N2O3/c1-11-6-4-7-13(12(11)2)17-14(19)10-18-9-5-8-16(18,3)15(20)21/h11-13H,4-10H2,1-3H3,(H,17,19)(H,20,21). The fourth-order valence-electron chi connectivity index (χ4n) is 3.73. The lowest BCUT2D eigenvalue weighted by Gasteiger charge is -2.36. The Morgan fingerprint density at radius 3 is 2.67 bits per heavy atom. The average molecular weight is 296 g/mol. The molecule has 1 aliphatic carbocycles. The minimum Gasteiger partial charge on any atom is -0.480 e. The van der Waals surface area contributed by atoms with E-state index < -0.39 is 11.5 Å². The molecule has 1 saturated carbocycles. The maximum Gasteiger partial charge on any atom is 0.323 e. The van der Waals surface area contributed by atoms with Gasteiger partial charge in [0, 0.05) is 6.04 Å². The van der Waals surface area contributed by atoms with Gasteiger partial charge in [0.05, 0.1) is 6.54 Å². The van der Waals surface area contributed by atoms with Crippen LogP contribution >= 0.6 is 0 Å². The Hall–Kier alpha value is -1.10.